The second-order valence-electron chi connectivity index (χ2n) is 4.12. The van der Waals surface area contributed by atoms with Crippen molar-refractivity contribution in [2.24, 2.45) is 0 Å². The molecule has 3 nitrogen and oxygen atoms in total. The zero-order chi connectivity index (χ0) is 11.5. The van der Waals surface area contributed by atoms with Crippen LogP contribution in [0.5, 0.6) is 0 Å². The summed E-state index contributed by atoms with van der Waals surface area (Å²) in [7, 11) is 0. The van der Waals surface area contributed by atoms with Gasteiger partial charge in [0.1, 0.15) is 6.04 Å². The predicted molar refractivity (Wildman–Crippen MR) is 62.9 cm³/mol. The van der Waals surface area contributed by atoms with E-state index in [9.17, 15) is 4.79 Å². The van der Waals surface area contributed by atoms with Gasteiger partial charge < -0.3 is 10.4 Å². The molecule has 86 valence electrons. The van der Waals surface area contributed by atoms with Gasteiger partial charge in [-0.05, 0) is 43.0 Å². The largest absolute Gasteiger partial charge is 0.480 e. The number of benzene rings is 1. The number of carboxylic acids is 1. The molecule has 1 aliphatic rings. The Hall–Kier alpha value is -1.06. The fourth-order valence-electron chi connectivity index (χ4n) is 2.17. The summed E-state index contributed by atoms with van der Waals surface area (Å²) in [5.74, 6) is -0.479. The van der Waals surface area contributed by atoms with Crippen LogP contribution in [0.1, 0.15) is 24.3 Å². The molecule has 0 bridgehead atoms. The highest BCUT2D eigenvalue weighted by atomic mass is 35.5. The molecule has 2 unspecified atom stereocenters. The first-order valence-electron chi connectivity index (χ1n) is 5.38. The molecule has 0 aromatic heterocycles. The first kappa shape index (κ1) is 11.4. The third kappa shape index (κ3) is 2.54. The normalized spacial score (nSPS) is 25.3. The number of hydrogen-bond acceptors (Lipinski definition) is 2. The summed E-state index contributed by atoms with van der Waals surface area (Å²) < 4.78 is 0. The van der Waals surface area contributed by atoms with E-state index in [1.165, 1.54) is 0 Å². The van der Waals surface area contributed by atoms with Crippen LogP contribution < -0.4 is 5.32 Å². The van der Waals surface area contributed by atoms with Crippen molar-refractivity contribution >= 4 is 17.6 Å². The Kier molecular flexibility index (Phi) is 3.46. The second kappa shape index (κ2) is 4.85. The van der Waals surface area contributed by atoms with Gasteiger partial charge in [-0.3, -0.25) is 4.79 Å². The standard InChI is InChI=1S/C12H14ClNO2/c13-10-3-1-2-8(6-10)9-4-5-14-11(7-9)12(15)16/h1-3,6,9,11,14H,4-5,7H2,(H,15,16). The number of aliphatic carboxylic acids is 1. The Morgan fingerprint density at radius 1 is 1.50 bits per heavy atom. The van der Waals surface area contributed by atoms with Crippen molar-refractivity contribution in [2.75, 3.05) is 6.54 Å². The number of nitrogens with one attached hydrogen (secondary N) is 1. The number of hydrogen-bond donors (Lipinski definition) is 2. The number of carbonyl (C=O) groups is 1. The van der Waals surface area contributed by atoms with E-state index in [0.717, 1.165) is 18.5 Å². The lowest BCUT2D eigenvalue weighted by Gasteiger charge is -2.28. The summed E-state index contributed by atoms with van der Waals surface area (Å²) in [6.45, 7) is 0.744. The number of carboxylic acid groups (broad SMARTS) is 1. The smallest absolute Gasteiger partial charge is 0.320 e. The maximum Gasteiger partial charge on any atom is 0.320 e. The average molecular weight is 240 g/mol. The summed E-state index contributed by atoms with van der Waals surface area (Å²) in [5, 5.41) is 12.7. The van der Waals surface area contributed by atoms with Crippen molar-refractivity contribution in [3.63, 3.8) is 0 Å². The zero-order valence-electron chi connectivity index (χ0n) is 8.82. The van der Waals surface area contributed by atoms with Crippen LogP contribution in [-0.4, -0.2) is 23.7 Å². The molecular weight excluding hydrogens is 226 g/mol. The van der Waals surface area contributed by atoms with Gasteiger partial charge in [-0.2, -0.15) is 0 Å². The molecule has 0 aliphatic carbocycles. The van der Waals surface area contributed by atoms with Crippen LogP contribution in [0.2, 0.25) is 5.02 Å². The highest BCUT2D eigenvalue weighted by Crippen LogP contribution is 2.29. The van der Waals surface area contributed by atoms with E-state index in [4.69, 9.17) is 16.7 Å². The molecule has 1 aromatic rings. The Balaban J connectivity index is 2.12. The van der Waals surface area contributed by atoms with Crippen LogP contribution in [0, 0.1) is 0 Å². The molecule has 16 heavy (non-hydrogen) atoms. The van der Waals surface area contributed by atoms with E-state index in [1.807, 2.05) is 24.3 Å². The maximum atomic E-state index is 10.9. The van der Waals surface area contributed by atoms with E-state index in [-0.39, 0.29) is 0 Å². The Labute approximate surface area is 99.4 Å². The zero-order valence-corrected chi connectivity index (χ0v) is 9.57. The number of rotatable bonds is 2. The SMILES string of the molecule is O=C(O)C1CC(c2cccc(Cl)c2)CCN1. The predicted octanol–water partition coefficient (Wildman–Crippen LogP) is 2.26. The Morgan fingerprint density at radius 3 is 3.00 bits per heavy atom. The number of piperidine rings is 1. The molecule has 0 amide bonds. The quantitative estimate of drug-likeness (QED) is 0.832. The monoisotopic (exact) mass is 239 g/mol. The topological polar surface area (TPSA) is 49.3 Å². The minimum Gasteiger partial charge on any atom is -0.480 e. The number of halogens is 1. The van der Waals surface area contributed by atoms with Crippen LogP contribution in [-0.2, 0) is 4.79 Å². The third-order valence-electron chi connectivity index (χ3n) is 3.02. The van der Waals surface area contributed by atoms with Crippen LogP contribution in [0.4, 0.5) is 0 Å². The van der Waals surface area contributed by atoms with Crippen molar-refractivity contribution in [2.45, 2.75) is 24.8 Å². The van der Waals surface area contributed by atoms with Crippen molar-refractivity contribution in [3.05, 3.63) is 34.9 Å². The van der Waals surface area contributed by atoms with Gasteiger partial charge in [-0.1, -0.05) is 23.7 Å². The fourth-order valence-corrected chi connectivity index (χ4v) is 2.37. The lowest BCUT2D eigenvalue weighted by molar-refractivity contribution is -0.140. The third-order valence-corrected chi connectivity index (χ3v) is 3.26. The molecule has 2 N–H and O–H groups in total. The Bertz CT molecular complexity index is 394. The average Bonchev–Trinajstić information content (AvgIpc) is 2.29. The van der Waals surface area contributed by atoms with E-state index < -0.39 is 12.0 Å². The molecular formula is C12H14ClNO2. The molecule has 1 aromatic carbocycles. The Morgan fingerprint density at radius 2 is 2.31 bits per heavy atom. The highest BCUT2D eigenvalue weighted by Gasteiger charge is 2.27. The second-order valence-corrected chi connectivity index (χ2v) is 4.56. The fraction of sp³-hybridized carbons (Fsp3) is 0.417. The van der Waals surface area contributed by atoms with E-state index in [0.29, 0.717) is 17.4 Å². The van der Waals surface area contributed by atoms with Crippen molar-refractivity contribution in [1.82, 2.24) is 5.32 Å². The molecule has 2 atom stereocenters. The van der Waals surface area contributed by atoms with Crippen molar-refractivity contribution in [1.29, 1.82) is 0 Å². The summed E-state index contributed by atoms with van der Waals surface area (Å²) >= 11 is 5.93. The van der Waals surface area contributed by atoms with Crippen LogP contribution in [0.15, 0.2) is 24.3 Å². The molecule has 4 heteroatoms. The van der Waals surface area contributed by atoms with Gasteiger partial charge in [-0.15, -0.1) is 0 Å². The highest BCUT2D eigenvalue weighted by molar-refractivity contribution is 6.30. The summed E-state index contributed by atoms with van der Waals surface area (Å²) in [6, 6.07) is 7.26. The van der Waals surface area contributed by atoms with E-state index in [2.05, 4.69) is 5.32 Å². The van der Waals surface area contributed by atoms with Crippen LogP contribution in [0.25, 0.3) is 0 Å². The molecule has 1 fully saturated rings. The van der Waals surface area contributed by atoms with Crippen LogP contribution >= 0.6 is 11.6 Å². The summed E-state index contributed by atoms with van der Waals surface area (Å²) in [5.41, 5.74) is 1.14. The minimum atomic E-state index is -0.772. The summed E-state index contributed by atoms with van der Waals surface area (Å²) in [4.78, 5) is 10.9. The summed E-state index contributed by atoms with van der Waals surface area (Å²) in [6.07, 6.45) is 1.60. The van der Waals surface area contributed by atoms with Gasteiger partial charge in [0.2, 0.25) is 0 Å². The molecule has 1 heterocycles. The van der Waals surface area contributed by atoms with Crippen molar-refractivity contribution < 1.29 is 9.90 Å². The van der Waals surface area contributed by atoms with E-state index >= 15 is 0 Å². The lowest BCUT2D eigenvalue weighted by Crippen LogP contribution is -2.42. The molecule has 0 spiro atoms. The van der Waals surface area contributed by atoms with Gasteiger partial charge in [0.15, 0.2) is 0 Å². The molecule has 1 saturated heterocycles. The first-order chi connectivity index (χ1) is 7.66. The van der Waals surface area contributed by atoms with Gasteiger partial charge in [0, 0.05) is 5.02 Å². The van der Waals surface area contributed by atoms with Gasteiger partial charge in [0.25, 0.3) is 0 Å². The molecule has 0 saturated carbocycles. The molecule has 0 radical (unpaired) electrons. The first-order valence-corrected chi connectivity index (χ1v) is 5.76. The minimum absolute atomic E-state index is 0.293. The van der Waals surface area contributed by atoms with Crippen LogP contribution in [0.3, 0.4) is 0 Å². The van der Waals surface area contributed by atoms with Gasteiger partial charge in [-0.25, -0.2) is 0 Å². The van der Waals surface area contributed by atoms with Gasteiger partial charge in [0.05, 0.1) is 0 Å². The maximum absolute atomic E-state index is 10.9. The molecule has 1 aliphatic heterocycles. The van der Waals surface area contributed by atoms with Gasteiger partial charge >= 0.3 is 5.97 Å². The molecule has 2 rings (SSSR count). The van der Waals surface area contributed by atoms with E-state index in [1.54, 1.807) is 0 Å². The lowest BCUT2D eigenvalue weighted by atomic mass is 9.86. The van der Waals surface area contributed by atoms with Crippen molar-refractivity contribution in [3.8, 4) is 0 Å².